The van der Waals surface area contributed by atoms with E-state index >= 15 is 0 Å². The Morgan fingerprint density at radius 1 is 0.971 bits per heavy atom. The Morgan fingerprint density at radius 2 is 1.56 bits per heavy atom. The molecule has 7 nitrogen and oxygen atoms in total. The summed E-state index contributed by atoms with van der Waals surface area (Å²) in [6.45, 7) is 1.97. The summed E-state index contributed by atoms with van der Waals surface area (Å²) in [5.41, 5.74) is 4.33. The number of nitrogens with one attached hydrogen (secondary N) is 2. The van der Waals surface area contributed by atoms with E-state index in [-0.39, 0.29) is 18.9 Å². The van der Waals surface area contributed by atoms with E-state index in [0.29, 0.717) is 12.8 Å². The molecule has 9 heteroatoms. The van der Waals surface area contributed by atoms with Gasteiger partial charge in [-0.05, 0) is 28.7 Å². The van der Waals surface area contributed by atoms with Gasteiger partial charge in [0.1, 0.15) is 12.6 Å². The first-order chi connectivity index (χ1) is 16.3. The number of rotatable bonds is 11. The number of carbonyl (C=O) groups excluding carboxylic acids is 2. The highest BCUT2D eigenvalue weighted by molar-refractivity contribution is 5.80. The number of alkyl halides is 2. The fraction of sp³-hybridized carbons (Fsp3) is 0.400. The van der Waals surface area contributed by atoms with Gasteiger partial charge in [0.05, 0.1) is 6.42 Å². The van der Waals surface area contributed by atoms with Gasteiger partial charge in [-0.2, -0.15) is 0 Å². The standard InChI is InChI=1S/C25H28F2N2O5/c1-2-7-15(12-22(30)29-21(24(26)27)13-23(31)32)28-25(33)34-14-20-18-10-5-3-8-16(18)17-9-4-6-11-19(17)20/h3-6,8-11,15,20-21,24H,2,7,12-14H2,1H3,(H,28,33)(H,29,30)(H,31,32)/t15-,21?/m0/s1. The van der Waals surface area contributed by atoms with Crippen LogP contribution in [0, 0.1) is 0 Å². The molecule has 3 N–H and O–H groups in total. The summed E-state index contributed by atoms with van der Waals surface area (Å²) in [5.74, 6) is -2.31. The van der Waals surface area contributed by atoms with Crippen molar-refractivity contribution in [3.63, 3.8) is 0 Å². The first-order valence-electron chi connectivity index (χ1n) is 11.2. The van der Waals surface area contributed by atoms with Crippen LogP contribution in [0.25, 0.3) is 11.1 Å². The van der Waals surface area contributed by atoms with E-state index in [0.717, 1.165) is 22.3 Å². The minimum absolute atomic E-state index is 0.108. The minimum atomic E-state index is -3.01. The number of carbonyl (C=O) groups is 3. The average Bonchev–Trinajstić information content (AvgIpc) is 3.11. The SMILES string of the molecule is CCC[C@@H](CC(=O)NC(CC(=O)O)C(F)F)NC(=O)OCC1c2ccccc2-c2ccccc21. The average molecular weight is 475 g/mol. The second-order valence-corrected chi connectivity index (χ2v) is 8.27. The van der Waals surface area contributed by atoms with Crippen molar-refractivity contribution in [3.05, 3.63) is 59.7 Å². The summed E-state index contributed by atoms with van der Waals surface area (Å²) in [6.07, 6.45) is -3.81. The van der Waals surface area contributed by atoms with Crippen LogP contribution in [0.3, 0.4) is 0 Å². The van der Waals surface area contributed by atoms with Crippen LogP contribution in [0.15, 0.2) is 48.5 Å². The number of benzene rings is 2. The summed E-state index contributed by atoms with van der Waals surface area (Å²) >= 11 is 0. The lowest BCUT2D eigenvalue weighted by Gasteiger charge is -2.21. The molecule has 2 aromatic rings. The van der Waals surface area contributed by atoms with Gasteiger partial charge < -0.3 is 20.5 Å². The molecule has 182 valence electrons. The zero-order chi connectivity index (χ0) is 24.7. The van der Waals surface area contributed by atoms with Gasteiger partial charge in [0.2, 0.25) is 5.91 Å². The number of hydrogen-bond donors (Lipinski definition) is 3. The van der Waals surface area contributed by atoms with Gasteiger partial charge in [0, 0.05) is 18.4 Å². The first-order valence-corrected chi connectivity index (χ1v) is 11.2. The van der Waals surface area contributed by atoms with Gasteiger partial charge in [-0.1, -0.05) is 61.9 Å². The topological polar surface area (TPSA) is 105 Å². The van der Waals surface area contributed by atoms with Gasteiger partial charge >= 0.3 is 12.1 Å². The van der Waals surface area contributed by atoms with Crippen LogP contribution in [0.1, 0.15) is 49.7 Å². The normalized spacial score (nSPS) is 14.1. The molecule has 2 atom stereocenters. The monoisotopic (exact) mass is 474 g/mol. The highest BCUT2D eigenvalue weighted by Crippen LogP contribution is 2.44. The quantitative estimate of drug-likeness (QED) is 0.450. The summed E-state index contributed by atoms with van der Waals surface area (Å²) in [5, 5.41) is 13.4. The Morgan fingerprint density at radius 3 is 2.09 bits per heavy atom. The van der Waals surface area contributed by atoms with Crippen molar-refractivity contribution in [1.82, 2.24) is 10.6 Å². The van der Waals surface area contributed by atoms with Crippen molar-refractivity contribution >= 4 is 18.0 Å². The van der Waals surface area contributed by atoms with Crippen molar-refractivity contribution in [3.8, 4) is 11.1 Å². The Kier molecular flexibility index (Phi) is 8.56. The minimum Gasteiger partial charge on any atom is -0.481 e. The predicted molar refractivity (Wildman–Crippen MR) is 122 cm³/mol. The van der Waals surface area contributed by atoms with Gasteiger partial charge in [0.25, 0.3) is 6.43 Å². The molecule has 2 aromatic carbocycles. The molecule has 0 aromatic heterocycles. The van der Waals surface area contributed by atoms with E-state index in [4.69, 9.17) is 9.84 Å². The molecule has 3 rings (SSSR count). The van der Waals surface area contributed by atoms with Crippen LogP contribution >= 0.6 is 0 Å². The van der Waals surface area contributed by atoms with Crippen molar-refractivity contribution < 1.29 is 33.0 Å². The number of carboxylic acids is 1. The number of alkyl carbamates (subject to hydrolysis) is 1. The third kappa shape index (κ3) is 6.30. The fourth-order valence-electron chi connectivity index (χ4n) is 4.26. The highest BCUT2D eigenvalue weighted by Gasteiger charge is 2.30. The van der Waals surface area contributed by atoms with Crippen LogP contribution in [-0.4, -0.2) is 48.2 Å². The molecule has 0 spiro atoms. The number of halogens is 2. The predicted octanol–water partition coefficient (Wildman–Crippen LogP) is 4.31. The number of fused-ring (bicyclic) bond motifs is 3. The van der Waals surface area contributed by atoms with E-state index in [9.17, 15) is 23.2 Å². The highest BCUT2D eigenvalue weighted by atomic mass is 19.3. The van der Waals surface area contributed by atoms with Crippen molar-refractivity contribution in [1.29, 1.82) is 0 Å². The van der Waals surface area contributed by atoms with Crippen molar-refractivity contribution in [2.45, 2.75) is 57.0 Å². The fourth-order valence-corrected chi connectivity index (χ4v) is 4.26. The zero-order valence-electron chi connectivity index (χ0n) is 18.8. The summed E-state index contributed by atoms with van der Waals surface area (Å²) < 4.78 is 31.5. The number of amides is 2. The molecule has 0 fully saturated rings. The number of hydrogen-bond acceptors (Lipinski definition) is 4. The molecule has 0 heterocycles. The van der Waals surface area contributed by atoms with E-state index in [2.05, 4.69) is 5.32 Å². The molecular formula is C25H28F2N2O5. The molecule has 0 radical (unpaired) electrons. The Labute approximate surface area is 196 Å². The molecule has 1 aliphatic carbocycles. The van der Waals surface area contributed by atoms with Crippen LogP contribution in [-0.2, 0) is 14.3 Å². The van der Waals surface area contributed by atoms with E-state index in [1.807, 2.05) is 60.8 Å². The van der Waals surface area contributed by atoms with Crippen molar-refractivity contribution in [2.24, 2.45) is 0 Å². The molecule has 0 bridgehead atoms. The maximum atomic E-state index is 13.0. The van der Waals surface area contributed by atoms with Crippen molar-refractivity contribution in [2.75, 3.05) is 6.61 Å². The Balaban J connectivity index is 1.58. The lowest BCUT2D eigenvalue weighted by atomic mass is 9.98. The largest absolute Gasteiger partial charge is 0.481 e. The number of carboxylic acid groups (broad SMARTS) is 1. The molecule has 34 heavy (non-hydrogen) atoms. The first kappa shape index (κ1) is 25.1. The molecule has 2 amide bonds. The van der Waals surface area contributed by atoms with Crippen LogP contribution < -0.4 is 10.6 Å². The van der Waals surface area contributed by atoms with Crippen LogP contribution in [0.5, 0.6) is 0 Å². The lowest BCUT2D eigenvalue weighted by Crippen LogP contribution is -2.45. The third-order valence-corrected chi connectivity index (χ3v) is 5.78. The lowest BCUT2D eigenvalue weighted by molar-refractivity contribution is -0.139. The third-order valence-electron chi connectivity index (χ3n) is 5.78. The zero-order valence-corrected chi connectivity index (χ0v) is 18.8. The number of ether oxygens (including phenoxy) is 1. The number of aliphatic carboxylic acids is 1. The van der Waals surface area contributed by atoms with Gasteiger partial charge in [-0.25, -0.2) is 13.6 Å². The molecule has 0 aliphatic heterocycles. The molecule has 0 saturated heterocycles. The second-order valence-electron chi connectivity index (χ2n) is 8.27. The molecule has 1 unspecified atom stereocenters. The Bertz CT molecular complexity index is 984. The van der Waals surface area contributed by atoms with E-state index in [1.54, 1.807) is 0 Å². The second kappa shape index (κ2) is 11.6. The van der Waals surface area contributed by atoms with E-state index in [1.165, 1.54) is 0 Å². The summed E-state index contributed by atoms with van der Waals surface area (Å²) in [7, 11) is 0. The van der Waals surface area contributed by atoms with Crippen LogP contribution in [0.2, 0.25) is 0 Å². The molecule has 0 saturated carbocycles. The molecular weight excluding hydrogens is 446 g/mol. The summed E-state index contributed by atoms with van der Waals surface area (Å²) in [4.78, 5) is 35.5. The molecule has 1 aliphatic rings. The Hall–Kier alpha value is -3.49. The maximum Gasteiger partial charge on any atom is 0.407 e. The summed E-state index contributed by atoms with van der Waals surface area (Å²) in [6, 6.07) is 13.4. The van der Waals surface area contributed by atoms with Gasteiger partial charge in [-0.3, -0.25) is 9.59 Å². The van der Waals surface area contributed by atoms with E-state index < -0.39 is 42.9 Å². The van der Waals surface area contributed by atoms with Gasteiger partial charge in [0.15, 0.2) is 0 Å². The van der Waals surface area contributed by atoms with Gasteiger partial charge in [-0.15, -0.1) is 0 Å². The maximum absolute atomic E-state index is 13.0. The smallest absolute Gasteiger partial charge is 0.407 e. The van der Waals surface area contributed by atoms with Crippen LogP contribution in [0.4, 0.5) is 13.6 Å².